The maximum absolute atomic E-state index is 5.95. The lowest BCUT2D eigenvalue weighted by atomic mass is 10.1. The molecule has 2 aromatic heterocycles. The molecule has 96 valence electrons. The van der Waals surface area contributed by atoms with Crippen LogP contribution in [0.2, 0.25) is 0 Å². The molecule has 18 heavy (non-hydrogen) atoms. The van der Waals surface area contributed by atoms with Gasteiger partial charge in [-0.1, -0.05) is 13.8 Å². The third-order valence-corrected chi connectivity index (χ3v) is 3.67. The third-order valence-electron chi connectivity index (χ3n) is 2.49. The highest BCUT2D eigenvalue weighted by atomic mass is 127. The molecule has 2 heterocycles. The molecule has 0 radical (unpaired) electrons. The number of hydrogen-bond donors (Lipinski definition) is 1. The van der Waals surface area contributed by atoms with Crippen molar-refractivity contribution in [1.29, 1.82) is 0 Å². The highest BCUT2D eigenvalue weighted by Crippen LogP contribution is 2.22. The Morgan fingerprint density at radius 1 is 1.39 bits per heavy atom. The van der Waals surface area contributed by atoms with Crippen molar-refractivity contribution in [3.05, 3.63) is 21.5 Å². The summed E-state index contributed by atoms with van der Waals surface area (Å²) in [7, 11) is 1.87. The van der Waals surface area contributed by atoms with E-state index in [-0.39, 0.29) is 0 Å². The zero-order valence-corrected chi connectivity index (χ0v) is 12.8. The molecule has 6 heteroatoms. The molecule has 2 N–H and O–H groups in total. The van der Waals surface area contributed by atoms with Crippen molar-refractivity contribution in [3.8, 4) is 11.5 Å². The summed E-state index contributed by atoms with van der Waals surface area (Å²) < 4.78 is 2.68. The number of aryl methyl sites for hydroxylation is 1. The maximum Gasteiger partial charge on any atom is 0.182 e. The van der Waals surface area contributed by atoms with Crippen LogP contribution in [0.15, 0.2) is 12.3 Å². The predicted octanol–water partition coefficient (Wildman–Crippen LogP) is 2.26. The van der Waals surface area contributed by atoms with Gasteiger partial charge in [-0.3, -0.25) is 4.68 Å². The Bertz CT molecular complexity index is 562. The van der Waals surface area contributed by atoms with Gasteiger partial charge in [-0.25, -0.2) is 9.97 Å². The zero-order valence-electron chi connectivity index (χ0n) is 10.7. The first-order chi connectivity index (χ1) is 8.47. The first-order valence-corrected chi connectivity index (χ1v) is 6.87. The van der Waals surface area contributed by atoms with Gasteiger partial charge in [0.05, 0.1) is 9.26 Å². The number of hydrogen-bond acceptors (Lipinski definition) is 4. The highest BCUT2D eigenvalue weighted by Gasteiger charge is 2.13. The normalized spacial score (nSPS) is 11.2. The van der Waals surface area contributed by atoms with Gasteiger partial charge in [0.2, 0.25) is 0 Å². The average Bonchev–Trinajstić information content (AvgIpc) is 2.70. The zero-order chi connectivity index (χ0) is 13.3. The van der Waals surface area contributed by atoms with Gasteiger partial charge < -0.3 is 5.73 Å². The van der Waals surface area contributed by atoms with Crippen LogP contribution in [0.25, 0.3) is 11.5 Å². The molecule has 0 aliphatic rings. The van der Waals surface area contributed by atoms with Crippen molar-refractivity contribution in [2.24, 2.45) is 13.0 Å². The van der Waals surface area contributed by atoms with Crippen molar-refractivity contribution in [3.63, 3.8) is 0 Å². The number of nitrogens with zero attached hydrogens (tertiary/aromatic N) is 4. The van der Waals surface area contributed by atoms with E-state index in [1.54, 1.807) is 4.68 Å². The molecule has 0 amide bonds. The number of halogens is 1. The second-order valence-electron chi connectivity index (χ2n) is 4.67. The fraction of sp³-hybridized carbons (Fsp3) is 0.417. The lowest BCUT2D eigenvalue weighted by Crippen LogP contribution is -2.08. The summed E-state index contributed by atoms with van der Waals surface area (Å²) in [5.41, 5.74) is 7.70. The molecule has 0 unspecified atom stereocenters. The van der Waals surface area contributed by atoms with Crippen LogP contribution in [-0.2, 0) is 13.5 Å². The van der Waals surface area contributed by atoms with Gasteiger partial charge in [0.1, 0.15) is 11.5 Å². The van der Waals surface area contributed by atoms with Crippen LogP contribution < -0.4 is 5.73 Å². The largest absolute Gasteiger partial charge is 0.383 e. The minimum absolute atomic E-state index is 0.530. The molecule has 0 aliphatic heterocycles. The molecule has 2 aromatic rings. The topological polar surface area (TPSA) is 69.6 Å². The van der Waals surface area contributed by atoms with E-state index < -0.39 is 0 Å². The smallest absolute Gasteiger partial charge is 0.182 e. The van der Waals surface area contributed by atoms with Crippen LogP contribution >= 0.6 is 22.6 Å². The van der Waals surface area contributed by atoms with Crippen LogP contribution in [0.5, 0.6) is 0 Å². The first-order valence-electron chi connectivity index (χ1n) is 5.79. The Morgan fingerprint density at radius 2 is 2.11 bits per heavy atom. The van der Waals surface area contributed by atoms with Crippen LogP contribution in [0.1, 0.15) is 19.5 Å². The van der Waals surface area contributed by atoms with Crippen molar-refractivity contribution >= 4 is 28.4 Å². The average molecular weight is 357 g/mol. The summed E-state index contributed by atoms with van der Waals surface area (Å²) in [5, 5.41) is 4.31. The maximum atomic E-state index is 5.95. The highest BCUT2D eigenvalue weighted by molar-refractivity contribution is 14.1. The second-order valence-corrected chi connectivity index (χ2v) is 5.74. The molecule has 5 nitrogen and oxygen atoms in total. The van der Waals surface area contributed by atoms with E-state index in [2.05, 4.69) is 51.5 Å². The molecule has 0 spiro atoms. The molecule has 0 bridgehead atoms. The molecular weight excluding hydrogens is 341 g/mol. The Labute approximate surface area is 120 Å². The number of aromatic nitrogens is 4. The number of nitrogens with two attached hydrogens (primary N) is 1. The lowest BCUT2D eigenvalue weighted by Gasteiger charge is -2.09. The number of nitrogen functional groups attached to an aromatic ring is 1. The van der Waals surface area contributed by atoms with E-state index in [4.69, 9.17) is 5.73 Å². The van der Waals surface area contributed by atoms with Gasteiger partial charge in [-0.2, -0.15) is 5.10 Å². The van der Waals surface area contributed by atoms with Crippen molar-refractivity contribution in [2.75, 3.05) is 5.73 Å². The van der Waals surface area contributed by atoms with Gasteiger partial charge in [-0.15, -0.1) is 0 Å². The van der Waals surface area contributed by atoms with Crippen LogP contribution in [0.4, 0.5) is 5.82 Å². The number of anilines is 1. The van der Waals surface area contributed by atoms with E-state index >= 15 is 0 Å². The van der Waals surface area contributed by atoms with Crippen LogP contribution in [0, 0.1) is 9.49 Å². The summed E-state index contributed by atoms with van der Waals surface area (Å²) in [6.45, 7) is 4.32. The molecule has 0 atom stereocenters. The van der Waals surface area contributed by atoms with Gasteiger partial charge in [0, 0.05) is 13.2 Å². The van der Waals surface area contributed by atoms with Crippen LogP contribution in [-0.4, -0.2) is 19.7 Å². The minimum atomic E-state index is 0.530. The van der Waals surface area contributed by atoms with E-state index in [1.807, 2.05) is 19.3 Å². The summed E-state index contributed by atoms with van der Waals surface area (Å²) in [5.74, 6) is 1.66. The SMILES string of the molecule is CC(C)Cc1nc(-c2ccn(C)n2)nc(N)c1I. The second kappa shape index (κ2) is 5.21. The van der Waals surface area contributed by atoms with Crippen molar-refractivity contribution in [2.45, 2.75) is 20.3 Å². The Hall–Kier alpha value is -1.18. The quantitative estimate of drug-likeness (QED) is 0.856. The summed E-state index contributed by atoms with van der Waals surface area (Å²) in [4.78, 5) is 8.89. The van der Waals surface area contributed by atoms with Gasteiger partial charge in [0.15, 0.2) is 5.82 Å². The Morgan fingerprint density at radius 3 is 2.67 bits per heavy atom. The fourth-order valence-corrected chi connectivity index (χ4v) is 2.15. The van der Waals surface area contributed by atoms with E-state index in [9.17, 15) is 0 Å². The Balaban J connectivity index is 2.46. The molecule has 0 aliphatic carbocycles. The van der Waals surface area contributed by atoms with E-state index in [0.717, 1.165) is 21.4 Å². The van der Waals surface area contributed by atoms with Crippen molar-refractivity contribution < 1.29 is 0 Å². The molecular formula is C12H16IN5. The fourth-order valence-electron chi connectivity index (χ4n) is 1.68. The van der Waals surface area contributed by atoms with E-state index in [1.165, 1.54) is 0 Å². The number of rotatable bonds is 3. The predicted molar refractivity (Wildman–Crippen MR) is 79.9 cm³/mol. The summed E-state index contributed by atoms with van der Waals surface area (Å²) in [6, 6.07) is 1.89. The summed E-state index contributed by atoms with van der Waals surface area (Å²) in [6.07, 6.45) is 2.76. The monoisotopic (exact) mass is 357 g/mol. The standard InChI is InChI=1S/C12H16IN5/c1-7(2)6-9-10(13)11(14)16-12(15-9)8-4-5-18(3)17-8/h4-5,7H,6H2,1-3H3,(H2,14,15,16). The van der Waals surface area contributed by atoms with E-state index in [0.29, 0.717) is 17.6 Å². The lowest BCUT2D eigenvalue weighted by molar-refractivity contribution is 0.632. The molecule has 0 saturated carbocycles. The summed E-state index contributed by atoms with van der Waals surface area (Å²) >= 11 is 2.20. The minimum Gasteiger partial charge on any atom is -0.383 e. The van der Waals surface area contributed by atoms with Gasteiger partial charge >= 0.3 is 0 Å². The van der Waals surface area contributed by atoms with Gasteiger partial charge in [-0.05, 0) is 41.0 Å². The first kappa shape index (κ1) is 13.3. The molecule has 0 saturated heterocycles. The van der Waals surface area contributed by atoms with Crippen LogP contribution in [0.3, 0.4) is 0 Å². The molecule has 2 rings (SSSR count). The third kappa shape index (κ3) is 2.80. The Kier molecular flexibility index (Phi) is 3.84. The van der Waals surface area contributed by atoms with Gasteiger partial charge in [0.25, 0.3) is 0 Å². The molecule has 0 aromatic carbocycles. The molecule has 0 fully saturated rings. The van der Waals surface area contributed by atoms with Crippen molar-refractivity contribution in [1.82, 2.24) is 19.7 Å².